The quantitative estimate of drug-likeness (QED) is 0.756. The third-order valence-electron chi connectivity index (χ3n) is 3.33. The fourth-order valence-corrected chi connectivity index (χ4v) is 3.81. The molecule has 0 spiro atoms. The van der Waals surface area contributed by atoms with Gasteiger partial charge in [-0.1, -0.05) is 20.8 Å². The number of nitrogens with zero attached hydrogens (tertiary/aromatic N) is 1. The van der Waals surface area contributed by atoms with Crippen LogP contribution < -0.4 is 0 Å². The third kappa shape index (κ3) is 4.07. The minimum atomic E-state index is -3.16. The summed E-state index contributed by atoms with van der Waals surface area (Å²) in [6, 6.07) is 0. The fourth-order valence-electron chi connectivity index (χ4n) is 2.00. The van der Waals surface area contributed by atoms with E-state index in [-0.39, 0.29) is 17.5 Å². The lowest BCUT2D eigenvalue weighted by molar-refractivity contribution is -0.125. The number of carbonyl (C=O) groups excluding carboxylic acids is 1. The van der Waals surface area contributed by atoms with Gasteiger partial charge >= 0.3 is 0 Å². The van der Waals surface area contributed by atoms with E-state index in [2.05, 4.69) is 0 Å². The number of piperidine rings is 1. The van der Waals surface area contributed by atoms with Crippen molar-refractivity contribution in [2.24, 2.45) is 11.8 Å². The molecule has 1 atom stereocenters. The Kier molecular flexibility index (Phi) is 5.13. The Bertz CT molecular complexity index is 362. The van der Waals surface area contributed by atoms with E-state index >= 15 is 0 Å². The summed E-state index contributed by atoms with van der Waals surface area (Å²) in [4.78, 5) is 11.5. The monoisotopic (exact) mass is 261 g/mol. The van der Waals surface area contributed by atoms with Gasteiger partial charge in [-0.05, 0) is 18.8 Å². The number of rotatable bonds is 5. The molecule has 0 amide bonds. The first-order valence-corrected chi connectivity index (χ1v) is 7.98. The molecule has 5 heteroatoms. The first kappa shape index (κ1) is 14.6. The van der Waals surface area contributed by atoms with Crippen molar-refractivity contribution < 1.29 is 13.2 Å². The molecule has 17 heavy (non-hydrogen) atoms. The number of carbonyl (C=O) groups is 1. The Labute approximate surface area is 104 Å². The number of ketones is 1. The highest BCUT2D eigenvalue weighted by molar-refractivity contribution is 7.89. The zero-order valence-corrected chi connectivity index (χ0v) is 11.8. The normalized spacial score (nSPS) is 23.3. The summed E-state index contributed by atoms with van der Waals surface area (Å²) in [6.07, 6.45) is 1.79. The van der Waals surface area contributed by atoms with Crippen LogP contribution in [-0.2, 0) is 14.8 Å². The van der Waals surface area contributed by atoms with E-state index in [0.29, 0.717) is 31.8 Å². The van der Waals surface area contributed by atoms with Crippen molar-refractivity contribution in [3.8, 4) is 0 Å². The lowest BCUT2D eigenvalue weighted by Gasteiger charge is -2.30. The summed E-state index contributed by atoms with van der Waals surface area (Å²) in [5.74, 6) is 0.702. The Morgan fingerprint density at radius 2 is 2.06 bits per heavy atom. The highest BCUT2D eigenvalue weighted by atomic mass is 32.2. The van der Waals surface area contributed by atoms with Gasteiger partial charge in [-0.2, -0.15) is 0 Å². The number of Topliss-reactive ketones (excluding diaryl/α,β-unsaturated/α-hetero) is 1. The van der Waals surface area contributed by atoms with Crippen LogP contribution in [-0.4, -0.2) is 37.3 Å². The van der Waals surface area contributed by atoms with Gasteiger partial charge in [0, 0.05) is 25.4 Å². The summed E-state index contributed by atoms with van der Waals surface area (Å²) < 4.78 is 25.7. The molecule has 0 aromatic carbocycles. The van der Waals surface area contributed by atoms with E-state index in [9.17, 15) is 13.2 Å². The molecule has 0 aromatic rings. The number of hydrogen-bond acceptors (Lipinski definition) is 3. The molecule has 1 aliphatic rings. The van der Waals surface area contributed by atoms with Crippen molar-refractivity contribution in [1.82, 2.24) is 4.31 Å². The molecule has 0 aromatic heterocycles. The largest absolute Gasteiger partial charge is 0.299 e. The molecular weight excluding hydrogens is 238 g/mol. The molecule has 0 radical (unpaired) electrons. The van der Waals surface area contributed by atoms with Crippen molar-refractivity contribution >= 4 is 15.8 Å². The minimum Gasteiger partial charge on any atom is -0.299 e. The Morgan fingerprint density at radius 3 is 2.59 bits per heavy atom. The molecule has 0 saturated carbocycles. The van der Waals surface area contributed by atoms with Gasteiger partial charge in [0.2, 0.25) is 10.0 Å². The van der Waals surface area contributed by atoms with Gasteiger partial charge in [0.15, 0.2) is 0 Å². The third-order valence-corrected chi connectivity index (χ3v) is 5.20. The molecule has 100 valence electrons. The van der Waals surface area contributed by atoms with E-state index in [0.717, 1.165) is 6.42 Å². The Morgan fingerprint density at radius 1 is 1.41 bits per heavy atom. The second kappa shape index (κ2) is 5.96. The molecule has 1 saturated heterocycles. The summed E-state index contributed by atoms with van der Waals surface area (Å²) in [5, 5.41) is 0. The minimum absolute atomic E-state index is 0.0995. The van der Waals surface area contributed by atoms with Crippen LogP contribution in [0.4, 0.5) is 0 Å². The van der Waals surface area contributed by atoms with Crippen LogP contribution in [0.15, 0.2) is 0 Å². The zero-order valence-electron chi connectivity index (χ0n) is 11.0. The van der Waals surface area contributed by atoms with Crippen molar-refractivity contribution in [3.63, 3.8) is 0 Å². The fraction of sp³-hybridized carbons (Fsp3) is 0.917. The average molecular weight is 261 g/mol. The molecule has 1 aliphatic heterocycles. The molecule has 1 fully saturated rings. The van der Waals surface area contributed by atoms with Gasteiger partial charge in [0.05, 0.1) is 5.75 Å². The maximum Gasteiger partial charge on any atom is 0.214 e. The van der Waals surface area contributed by atoms with Gasteiger partial charge in [0.1, 0.15) is 5.78 Å². The maximum atomic E-state index is 12.1. The van der Waals surface area contributed by atoms with Crippen molar-refractivity contribution in [2.45, 2.75) is 40.0 Å². The smallest absolute Gasteiger partial charge is 0.214 e. The SMILES string of the molecule is CCC1CN(S(=O)(=O)CCC(C)C)CCC1=O. The summed E-state index contributed by atoms with van der Waals surface area (Å²) in [7, 11) is -3.16. The lowest BCUT2D eigenvalue weighted by Crippen LogP contribution is -2.44. The summed E-state index contributed by atoms with van der Waals surface area (Å²) in [6.45, 7) is 6.73. The van der Waals surface area contributed by atoms with E-state index in [1.165, 1.54) is 4.31 Å². The Balaban J connectivity index is 2.63. The standard InChI is InChI=1S/C12H23NO3S/c1-4-11-9-13(7-5-12(11)14)17(15,16)8-6-10(2)3/h10-11H,4-9H2,1-3H3. The molecule has 0 bridgehead atoms. The molecule has 1 heterocycles. The summed E-state index contributed by atoms with van der Waals surface area (Å²) >= 11 is 0. The van der Waals surface area contributed by atoms with Gasteiger partial charge in [0.25, 0.3) is 0 Å². The number of sulfonamides is 1. The van der Waals surface area contributed by atoms with Crippen molar-refractivity contribution in [3.05, 3.63) is 0 Å². The molecule has 4 nitrogen and oxygen atoms in total. The predicted molar refractivity (Wildman–Crippen MR) is 68.2 cm³/mol. The molecule has 1 rings (SSSR count). The van der Waals surface area contributed by atoms with Gasteiger partial charge < -0.3 is 0 Å². The van der Waals surface area contributed by atoms with E-state index in [1.54, 1.807) is 0 Å². The first-order chi connectivity index (χ1) is 7.86. The molecule has 1 unspecified atom stereocenters. The van der Waals surface area contributed by atoms with E-state index in [1.807, 2.05) is 20.8 Å². The van der Waals surface area contributed by atoms with Crippen LogP contribution in [0.3, 0.4) is 0 Å². The van der Waals surface area contributed by atoms with Crippen LogP contribution in [0.25, 0.3) is 0 Å². The molecular formula is C12H23NO3S. The lowest BCUT2D eigenvalue weighted by atomic mass is 9.96. The summed E-state index contributed by atoms with van der Waals surface area (Å²) in [5.41, 5.74) is 0. The van der Waals surface area contributed by atoms with Crippen LogP contribution >= 0.6 is 0 Å². The van der Waals surface area contributed by atoms with Gasteiger partial charge in [-0.3, -0.25) is 4.79 Å². The van der Waals surface area contributed by atoms with Crippen LogP contribution in [0.2, 0.25) is 0 Å². The Hall–Kier alpha value is -0.420. The van der Waals surface area contributed by atoms with E-state index < -0.39 is 10.0 Å². The van der Waals surface area contributed by atoms with Gasteiger partial charge in [-0.15, -0.1) is 0 Å². The van der Waals surface area contributed by atoms with Crippen LogP contribution in [0.1, 0.15) is 40.0 Å². The second-order valence-corrected chi connectivity index (χ2v) is 7.27. The number of hydrogen-bond donors (Lipinski definition) is 0. The highest BCUT2D eigenvalue weighted by Crippen LogP contribution is 2.20. The van der Waals surface area contributed by atoms with Crippen LogP contribution in [0, 0.1) is 11.8 Å². The topological polar surface area (TPSA) is 54.5 Å². The second-order valence-electron chi connectivity index (χ2n) is 5.18. The van der Waals surface area contributed by atoms with Crippen molar-refractivity contribution in [2.75, 3.05) is 18.8 Å². The maximum absolute atomic E-state index is 12.1. The molecule has 0 N–H and O–H groups in total. The zero-order chi connectivity index (χ0) is 13.1. The predicted octanol–water partition coefficient (Wildman–Crippen LogP) is 1.66. The average Bonchev–Trinajstić information content (AvgIpc) is 2.27. The first-order valence-electron chi connectivity index (χ1n) is 6.37. The van der Waals surface area contributed by atoms with Gasteiger partial charge in [-0.25, -0.2) is 12.7 Å². The highest BCUT2D eigenvalue weighted by Gasteiger charge is 2.32. The van der Waals surface area contributed by atoms with Crippen molar-refractivity contribution in [1.29, 1.82) is 0 Å². The van der Waals surface area contributed by atoms with E-state index in [4.69, 9.17) is 0 Å². The van der Waals surface area contributed by atoms with Crippen LogP contribution in [0.5, 0.6) is 0 Å². The molecule has 0 aliphatic carbocycles.